The summed E-state index contributed by atoms with van der Waals surface area (Å²) < 4.78 is 5.42. The molecule has 0 rings (SSSR count). The van der Waals surface area contributed by atoms with Gasteiger partial charge in [0.2, 0.25) is 0 Å². The average molecular weight is 230 g/mol. The van der Waals surface area contributed by atoms with Gasteiger partial charge in [0.05, 0.1) is 6.61 Å². The van der Waals surface area contributed by atoms with Crippen LogP contribution in [0, 0.1) is 0 Å². The van der Waals surface area contributed by atoms with Crippen LogP contribution < -0.4 is 5.73 Å². The Bertz CT molecular complexity index is 156. The molecular formula is C13H30N2O. The number of hydrogen-bond donors (Lipinski definition) is 1. The van der Waals surface area contributed by atoms with Crippen LogP contribution in [0.5, 0.6) is 0 Å². The first-order chi connectivity index (χ1) is 7.66. The Kier molecular flexibility index (Phi) is 8.90. The number of nitrogens with two attached hydrogens (primary N) is 1. The topological polar surface area (TPSA) is 38.5 Å². The van der Waals surface area contributed by atoms with Gasteiger partial charge in [-0.3, -0.25) is 4.90 Å². The highest BCUT2D eigenvalue weighted by molar-refractivity contribution is 4.89. The lowest BCUT2D eigenvalue weighted by Crippen LogP contribution is -2.53. The maximum absolute atomic E-state index is 6.00. The summed E-state index contributed by atoms with van der Waals surface area (Å²) in [5.74, 6) is 0. The maximum Gasteiger partial charge on any atom is 0.0593 e. The molecule has 0 fully saturated rings. The predicted molar refractivity (Wildman–Crippen MR) is 70.7 cm³/mol. The molecule has 3 heteroatoms. The van der Waals surface area contributed by atoms with E-state index in [-0.39, 0.29) is 5.54 Å². The molecular weight excluding hydrogens is 200 g/mol. The van der Waals surface area contributed by atoms with E-state index in [2.05, 4.69) is 25.8 Å². The summed E-state index contributed by atoms with van der Waals surface area (Å²) in [5.41, 5.74) is 6.18. The normalized spacial score (nSPS) is 12.4. The van der Waals surface area contributed by atoms with Gasteiger partial charge in [-0.15, -0.1) is 0 Å². The molecule has 0 aliphatic carbocycles. The van der Waals surface area contributed by atoms with E-state index in [1.807, 2.05) is 6.92 Å². The quantitative estimate of drug-likeness (QED) is 0.585. The molecule has 0 amide bonds. The van der Waals surface area contributed by atoms with Crippen LogP contribution in [0.2, 0.25) is 0 Å². The number of rotatable bonds is 10. The molecule has 0 saturated heterocycles. The second-order valence-electron chi connectivity index (χ2n) is 4.55. The summed E-state index contributed by atoms with van der Waals surface area (Å²) >= 11 is 0. The van der Waals surface area contributed by atoms with Crippen molar-refractivity contribution in [1.82, 2.24) is 4.90 Å². The fourth-order valence-electron chi connectivity index (χ4n) is 2.38. The highest BCUT2D eigenvalue weighted by Crippen LogP contribution is 2.24. The molecule has 0 saturated carbocycles. The van der Waals surface area contributed by atoms with E-state index in [0.29, 0.717) is 0 Å². The molecule has 0 spiro atoms. The number of ether oxygens (including phenoxy) is 1. The van der Waals surface area contributed by atoms with Crippen molar-refractivity contribution < 1.29 is 4.74 Å². The minimum Gasteiger partial charge on any atom is -0.380 e. The van der Waals surface area contributed by atoms with Gasteiger partial charge in [-0.05, 0) is 26.8 Å². The van der Waals surface area contributed by atoms with E-state index in [1.54, 1.807) is 0 Å². The van der Waals surface area contributed by atoms with Crippen LogP contribution in [0.25, 0.3) is 0 Å². The summed E-state index contributed by atoms with van der Waals surface area (Å²) in [6.45, 7) is 9.83. The Labute approximate surface area is 101 Å². The van der Waals surface area contributed by atoms with Gasteiger partial charge in [-0.2, -0.15) is 0 Å². The van der Waals surface area contributed by atoms with Gasteiger partial charge in [0, 0.05) is 25.2 Å². The highest BCUT2D eigenvalue weighted by Gasteiger charge is 2.30. The molecule has 0 aromatic carbocycles. The molecule has 0 aliphatic heterocycles. The summed E-state index contributed by atoms with van der Waals surface area (Å²) in [7, 11) is 2.18. The van der Waals surface area contributed by atoms with E-state index in [1.165, 1.54) is 25.7 Å². The van der Waals surface area contributed by atoms with Gasteiger partial charge in [-0.1, -0.05) is 26.7 Å². The first kappa shape index (κ1) is 15.9. The van der Waals surface area contributed by atoms with E-state index < -0.39 is 0 Å². The van der Waals surface area contributed by atoms with Gasteiger partial charge in [0.1, 0.15) is 0 Å². The number of hydrogen-bond acceptors (Lipinski definition) is 3. The Hall–Kier alpha value is -0.120. The molecule has 0 aromatic rings. The maximum atomic E-state index is 6.00. The lowest BCUT2D eigenvalue weighted by atomic mass is 9.87. The third kappa shape index (κ3) is 4.81. The molecule has 0 aliphatic rings. The monoisotopic (exact) mass is 230 g/mol. The van der Waals surface area contributed by atoms with Crippen LogP contribution in [0.3, 0.4) is 0 Å². The lowest BCUT2D eigenvalue weighted by molar-refractivity contribution is 0.0564. The van der Waals surface area contributed by atoms with Crippen molar-refractivity contribution in [1.29, 1.82) is 0 Å². The molecule has 0 heterocycles. The van der Waals surface area contributed by atoms with Crippen LogP contribution in [0.4, 0.5) is 0 Å². The van der Waals surface area contributed by atoms with Crippen LogP contribution in [0.1, 0.15) is 46.5 Å². The second kappa shape index (κ2) is 8.97. The third-order valence-electron chi connectivity index (χ3n) is 3.40. The van der Waals surface area contributed by atoms with Crippen molar-refractivity contribution in [3.63, 3.8) is 0 Å². The van der Waals surface area contributed by atoms with Crippen molar-refractivity contribution in [3.8, 4) is 0 Å². The molecule has 2 N–H and O–H groups in total. The lowest BCUT2D eigenvalue weighted by Gasteiger charge is -2.41. The van der Waals surface area contributed by atoms with Crippen molar-refractivity contribution >= 4 is 0 Å². The van der Waals surface area contributed by atoms with Crippen LogP contribution in [0.15, 0.2) is 0 Å². The highest BCUT2D eigenvalue weighted by atomic mass is 16.5. The standard InChI is InChI=1S/C13H30N2O/c1-5-8-13(12-14,9-6-2)15(4)10-11-16-7-3/h5-12,14H2,1-4H3. The SMILES string of the molecule is CCCC(CN)(CCC)N(C)CCOCC. The molecule has 0 bridgehead atoms. The van der Waals surface area contributed by atoms with Crippen molar-refractivity contribution in [2.24, 2.45) is 5.73 Å². The Morgan fingerprint density at radius 3 is 2.06 bits per heavy atom. The third-order valence-corrected chi connectivity index (χ3v) is 3.40. The van der Waals surface area contributed by atoms with E-state index in [4.69, 9.17) is 10.5 Å². The minimum absolute atomic E-state index is 0.181. The number of likely N-dealkylation sites (N-methyl/N-ethyl adjacent to an activating group) is 1. The summed E-state index contributed by atoms with van der Waals surface area (Å²) in [6.07, 6.45) is 4.74. The Morgan fingerprint density at radius 1 is 1.12 bits per heavy atom. The van der Waals surface area contributed by atoms with Crippen LogP contribution in [-0.4, -0.2) is 43.8 Å². The van der Waals surface area contributed by atoms with Gasteiger partial charge >= 0.3 is 0 Å². The zero-order chi connectivity index (χ0) is 12.4. The van der Waals surface area contributed by atoms with Crippen molar-refractivity contribution in [2.45, 2.75) is 52.0 Å². The van der Waals surface area contributed by atoms with E-state index in [0.717, 1.165) is 26.3 Å². The zero-order valence-corrected chi connectivity index (χ0v) is 11.6. The molecule has 0 unspecified atom stereocenters. The molecule has 0 aromatic heterocycles. The van der Waals surface area contributed by atoms with E-state index in [9.17, 15) is 0 Å². The fraction of sp³-hybridized carbons (Fsp3) is 1.00. The molecule has 0 atom stereocenters. The zero-order valence-electron chi connectivity index (χ0n) is 11.6. The van der Waals surface area contributed by atoms with Crippen LogP contribution >= 0.6 is 0 Å². The molecule has 16 heavy (non-hydrogen) atoms. The van der Waals surface area contributed by atoms with Gasteiger partial charge < -0.3 is 10.5 Å². The summed E-state index contributed by atoms with van der Waals surface area (Å²) in [4.78, 5) is 2.40. The first-order valence-corrected chi connectivity index (χ1v) is 6.65. The molecule has 98 valence electrons. The molecule has 3 nitrogen and oxygen atoms in total. The van der Waals surface area contributed by atoms with Gasteiger partial charge in [-0.25, -0.2) is 0 Å². The van der Waals surface area contributed by atoms with Gasteiger partial charge in [0.15, 0.2) is 0 Å². The minimum atomic E-state index is 0.181. The van der Waals surface area contributed by atoms with Gasteiger partial charge in [0.25, 0.3) is 0 Å². The predicted octanol–water partition coefficient (Wildman–Crippen LogP) is 2.25. The van der Waals surface area contributed by atoms with E-state index >= 15 is 0 Å². The second-order valence-corrected chi connectivity index (χ2v) is 4.55. The largest absolute Gasteiger partial charge is 0.380 e. The average Bonchev–Trinajstić information content (AvgIpc) is 2.28. The number of nitrogens with zero attached hydrogens (tertiary/aromatic N) is 1. The first-order valence-electron chi connectivity index (χ1n) is 6.65. The summed E-state index contributed by atoms with van der Waals surface area (Å²) in [6, 6.07) is 0. The fourth-order valence-corrected chi connectivity index (χ4v) is 2.38. The Balaban J connectivity index is 4.33. The molecule has 0 radical (unpaired) electrons. The summed E-state index contributed by atoms with van der Waals surface area (Å²) in [5, 5.41) is 0. The van der Waals surface area contributed by atoms with Crippen molar-refractivity contribution in [3.05, 3.63) is 0 Å². The van der Waals surface area contributed by atoms with Crippen molar-refractivity contribution in [2.75, 3.05) is 33.4 Å². The Morgan fingerprint density at radius 2 is 1.69 bits per heavy atom. The smallest absolute Gasteiger partial charge is 0.0593 e. The van der Waals surface area contributed by atoms with Crippen LogP contribution in [-0.2, 0) is 4.74 Å².